The highest BCUT2D eigenvalue weighted by atomic mass is 31.2. The molecule has 0 spiro atoms. The molecule has 7 nitrogen and oxygen atoms in total. The van der Waals surface area contributed by atoms with Crippen LogP contribution in [0.5, 0.6) is 0 Å². The first-order valence-corrected chi connectivity index (χ1v) is 14.7. The molecule has 1 N–H and O–H groups in total. The lowest BCUT2D eigenvalue weighted by Crippen LogP contribution is -2.50. The van der Waals surface area contributed by atoms with Gasteiger partial charge in [0.2, 0.25) is 7.98 Å². The van der Waals surface area contributed by atoms with E-state index in [-0.39, 0.29) is 36.9 Å². The Morgan fingerprint density at radius 2 is 1.87 bits per heavy atom. The third kappa shape index (κ3) is 7.25. The summed E-state index contributed by atoms with van der Waals surface area (Å²) in [6.07, 6.45) is -1.59. The van der Waals surface area contributed by atoms with Crippen LogP contribution in [0.3, 0.4) is 0 Å². The fourth-order valence-electron chi connectivity index (χ4n) is 3.06. The van der Waals surface area contributed by atoms with Gasteiger partial charge in [-0.15, -0.1) is 0 Å². The lowest BCUT2D eigenvalue weighted by molar-refractivity contribution is -0.00402. The number of nitrogens with zero attached hydrogens (tertiary/aromatic N) is 2. The number of ether oxygens (including phenoxy) is 1. The SMILES string of the molecule is [2H]OC[C@H]1O[C@@H]([B])[C@@H](O[Si](C)(C)C(C)(C)C)C1OP(OCC[N+]#[C-])N(C(C)C)C(C)C. The number of aliphatic hydroxyl groups is 1. The molecule has 1 saturated heterocycles. The normalized spacial score (nSPS) is 27.0. The molecule has 1 rings (SSSR count). The molecule has 2 radical (unpaired) electrons. The summed E-state index contributed by atoms with van der Waals surface area (Å²) in [5.41, 5.74) is 0. The zero-order chi connectivity index (χ0) is 24.0. The lowest BCUT2D eigenvalue weighted by atomic mass is 9.93. The topological polar surface area (TPSA) is 64.8 Å². The van der Waals surface area contributed by atoms with Gasteiger partial charge in [0, 0.05) is 18.1 Å². The van der Waals surface area contributed by atoms with Crippen LogP contribution < -0.4 is 0 Å². The van der Waals surface area contributed by atoms with E-state index in [1.807, 2.05) is 0 Å². The van der Waals surface area contributed by atoms with Gasteiger partial charge in [0.1, 0.15) is 26.7 Å². The fraction of sp³-hybridized carbons (Fsp3) is 0.950. The Balaban J connectivity index is 3.22. The van der Waals surface area contributed by atoms with Gasteiger partial charge in [-0.25, -0.2) is 11.2 Å². The maximum atomic E-state index is 7.23. The Morgan fingerprint density at radius 1 is 1.27 bits per heavy atom. The molecular weight excluding hydrogens is 418 g/mol. The molecule has 30 heavy (non-hydrogen) atoms. The van der Waals surface area contributed by atoms with E-state index in [2.05, 4.69) is 76.2 Å². The van der Waals surface area contributed by atoms with Crippen molar-refractivity contribution in [2.24, 2.45) is 0 Å². The monoisotopic (exact) mass is 459 g/mol. The average molecular weight is 459 g/mol. The largest absolute Gasteiger partial charge is 0.409 e. The van der Waals surface area contributed by atoms with Crippen molar-refractivity contribution in [1.82, 2.24) is 4.67 Å². The number of hydrogen-bond donors (Lipinski definition) is 1. The summed E-state index contributed by atoms with van der Waals surface area (Å²) in [5, 5.41) is 4.63. The molecule has 1 aliphatic heterocycles. The van der Waals surface area contributed by atoms with Crippen LogP contribution in [-0.2, 0) is 18.2 Å². The van der Waals surface area contributed by atoms with E-state index in [0.717, 1.165) is 0 Å². The predicted octanol–water partition coefficient (Wildman–Crippen LogP) is 3.93. The van der Waals surface area contributed by atoms with E-state index in [4.69, 9.17) is 34.1 Å². The first-order chi connectivity index (χ1) is 14.3. The highest BCUT2D eigenvalue weighted by molar-refractivity contribution is 7.44. The Morgan fingerprint density at radius 3 is 2.33 bits per heavy atom. The summed E-state index contributed by atoms with van der Waals surface area (Å²) >= 11 is 0. The molecular formula is C20H40BN2O5PSi. The third-order valence-corrected chi connectivity index (χ3v) is 12.2. The van der Waals surface area contributed by atoms with Crippen LogP contribution in [-0.4, -0.2) is 83.5 Å². The van der Waals surface area contributed by atoms with Crippen LogP contribution in [0.25, 0.3) is 4.85 Å². The van der Waals surface area contributed by atoms with E-state index >= 15 is 0 Å². The summed E-state index contributed by atoms with van der Waals surface area (Å²) in [5.74, 6) is 0. The lowest BCUT2D eigenvalue weighted by Gasteiger charge is -2.42. The van der Waals surface area contributed by atoms with E-state index in [1.165, 1.54) is 0 Å². The van der Waals surface area contributed by atoms with Crippen molar-refractivity contribution < 1.29 is 23.3 Å². The summed E-state index contributed by atoms with van der Waals surface area (Å²) in [7, 11) is 2.65. The molecule has 1 aliphatic rings. The van der Waals surface area contributed by atoms with Crippen LogP contribution in [0, 0.1) is 6.57 Å². The zero-order valence-electron chi connectivity index (χ0n) is 21.0. The second-order valence-corrected chi connectivity index (χ2v) is 15.9. The van der Waals surface area contributed by atoms with Gasteiger partial charge in [0.25, 0.3) is 8.53 Å². The minimum absolute atomic E-state index is 0.0138. The molecule has 0 aromatic carbocycles. The molecule has 0 bridgehead atoms. The van der Waals surface area contributed by atoms with E-state index in [1.54, 1.807) is 0 Å². The van der Waals surface area contributed by atoms with Crippen molar-refractivity contribution >= 4 is 24.7 Å². The summed E-state index contributed by atoms with van der Waals surface area (Å²) in [4.78, 5) is 3.39. The van der Waals surface area contributed by atoms with Gasteiger partial charge in [0.05, 0.1) is 12.7 Å². The van der Waals surface area contributed by atoms with Crippen molar-refractivity contribution in [3.05, 3.63) is 11.4 Å². The van der Waals surface area contributed by atoms with Crippen LogP contribution in [0.4, 0.5) is 0 Å². The first kappa shape index (κ1) is 26.2. The van der Waals surface area contributed by atoms with Crippen LogP contribution >= 0.6 is 8.53 Å². The second kappa shape index (κ2) is 11.7. The molecule has 1 heterocycles. The fourth-order valence-corrected chi connectivity index (χ4v) is 6.12. The minimum atomic E-state index is -2.17. The average Bonchev–Trinajstić information content (AvgIpc) is 2.88. The molecule has 0 amide bonds. The van der Waals surface area contributed by atoms with Gasteiger partial charge in [-0.1, -0.05) is 20.8 Å². The number of aliphatic hydroxyl groups excluding tert-OH is 1. The smallest absolute Gasteiger partial charge is 0.259 e. The van der Waals surface area contributed by atoms with Gasteiger partial charge in [-0.3, -0.25) is 0 Å². The van der Waals surface area contributed by atoms with E-state index in [0.29, 0.717) is 0 Å². The van der Waals surface area contributed by atoms with Crippen molar-refractivity contribution in [1.29, 1.82) is 1.43 Å². The third-order valence-electron chi connectivity index (χ3n) is 5.61. The Labute approximate surface area is 188 Å². The Kier molecular flexibility index (Phi) is 10.2. The summed E-state index contributed by atoms with van der Waals surface area (Å²) in [6.45, 7) is 26.8. The quantitative estimate of drug-likeness (QED) is 0.207. The van der Waals surface area contributed by atoms with E-state index in [9.17, 15) is 0 Å². The maximum absolute atomic E-state index is 7.23. The van der Waals surface area contributed by atoms with Gasteiger partial charge < -0.3 is 28.2 Å². The Hall–Kier alpha value is -0.0382. The van der Waals surface area contributed by atoms with Crippen molar-refractivity contribution in [3.8, 4) is 0 Å². The first-order valence-electron chi connectivity index (χ1n) is 11.1. The molecule has 10 heteroatoms. The van der Waals surface area contributed by atoms with Gasteiger partial charge in [-0.2, -0.15) is 0 Å². The van der Waals surface area contributed by atoms with E-state index < -0.39 is 41.2 Å². The highest BCUT2D eigenvalue weighted by Gasteiger charge is 2.50. The Bertz CT molecular complexity index is 583. The molecule has 0 aliphatic carbocycles. The highest BCUT2D eigenvalue weighted by Crippen LogP contribution is 2.50. The summed E-state index contributed by atoms with van der Waals surface area (Å²) < 4.78 is 34.5. The maximum Gasteiger partial charge on any atom is 0.259 e. The minimum Gasteiger partial charge on any atom is -0.409 e. The summed E-state index contributed by atoms with van der Waals surface area (Å²) in [6, 6.07) is -0.354. The second-order valence-electron chi connectivity index (χ2n) is 9.74. The van der Waals surface area contributed by atoms with Crippen molar-refractivity contribution in [2.75, 3.05) is 19.8 Å². The molecule has 1 fully saturated rings. The molecule has 2 unspecified atom stereocenters. The number of hydrogen-bond acceptors (Lipinski definition) is 6. The molecule has 0 aromatic rings. The molecule has 5 atom stereocenters. The van der Waals surface area contributed by atoms with Gasteiger partial charge >= 0.3 is 0 Å². The molecule has 0 saturated carbocycles. The van der Waals surface area contributed by atoms with Crippen LogP contribution in [0.1, 0.15) is 48.5 Å². The van der Waals surface area contributed by atoms with Crippen molar-refractivity contribution in [2.45, 2.75) is 103 Å². The standard InChI is InChI=1S/C20H40BN2O5PSi/c1-14(2)23(15(3)4)29(25-12-11-22-8)27-17-16(13-24)26-19(21)18(17)28-30(9,10)20(5,6)7/h14-19,24H,11-13H2,1-7,9-10H3/t16-,17?,18+,19-,29?/m1/s1/i24D. The predicted molar refractivity (Wildman–Crippen MR) is 125 cm³/mol. The zero-order valence-corrected chi connectivity index (χ0v) is 21.9. The van der Waals surface area contributed by atoms with Gasteiger partial charge in [-0.05, 0) is 45.8 Å². The van der Waals surface area contributed by atoms with Crippen molar-refractivity contribution in [3.63, 3.8) is 0 Å². The molecule has 0 aromatic heterocycles. The molecule has 172 valence electrons. The van der Waals surface area contributed by atoms with Crippen LogP contribution in [0.15, 0.2) is 0 Å². The number of rotatable bonds is 12. The van der Waals surface area contributed by atoms with Crippen LogP contribution in [0.2, 0.25) is 18.1 Å². The van der Waals surface area contributed by atoms with Gasteiger partial charge in [0.15, 0.2) is 8.32 Å².